The number of rotatable bonds is 5. The Morgan fingerprint density at radius 1 is 1.18 bits per heavy atom. The largest absolute Gasteiger partial charge is 0.353 e. The zero-order valence-corrected chi connectivity index (χ0v) is 12.9. The van der Waals surface area contributed by atoms with E-state index in [1.807, 2.05) is 29.1 Å². The van der Waals surface area contributed by atoms with E-state index >= 15 is 0 Å². The number of nitrogens with zero attached hydrogens (tertiary/aromatic N) is 1. The number of urea groups is 1. The third-order valence-electron chi connectivity index (χ3n) is 4.34. The van der Waals surface area contributed by atoms with Crippen molar-refractivity contribution in [1.29, 1.82) is 0 Å². The summed E-state index contributed by atoms with van der Waals surface area (Å²) in [5, 5.41) is 5.71. The van der Waals surface area contributed by atoms with Gasteiger partial charge in [0.05, 0.1) is 6.61 Å². The second-order valence-electron chi connectivity index (χ2n) is 6.08. The first kappa shape index (κ1) is 15.4. The van der Waals surface area contributed by atoms with E-state index in [-0.39, 0.29) is 17.9 Å². The maximum atomic E-state index is 11.8. The molecule has 0 aromatic carbocycles. The van der Waals surface area contributed by atoms with Gasteiger partial charge in [0.25, 0.3) is 0 Å². The SMILES string of the molecule is O=C(NCCn1cccc1)NC[C@@H]1COC2(CCCCC2)O1. The Kier molecular flexibility index (Phi) is 5.00. The van der Waals surface area contributed by atoms with Crippen molar-refractivity contribution in [3.05, 3.63) is 24.5 Å². The van der Waals surface area contributed by atoms with E-state index in [2.05, 4.69) is 10.6 Å². The van der Waals surface area contributed by atoms with Crippen LogP contribution in [0.25, 0.3) is 0 Å². The predicted octanol–water partition coefficient (Wildman–Crippen LogP) is 1.86. The number of carbonyl (C=O) groups excluding carboxylic acids is 1. The monoisotopic (exact) mass is 307 g/mol. The second kappa shape index (κ2) is 7.15. The van der Waals surface area contributed by atoms with Crippen LogP contribution in [0.5, 0.6) is 0 Å². The molecule has 1 aliphatic heterocycles. The molecule has 122 valence electrons. The zero-order valence-electron chi connectivity index (χ0n) is 12.9. The normalized spacial score (nSPS) is 23.5. The molecular weight excluding hydrogens is 282 g/mol. The molecule has 1 aromatic rings. The second-order valence-corrected chi connectivity index (χ2v) is 6.08. The van der Waals surface area contributed by atoms with Crippen molar-refractivity contribution in [1.82, 2.24) is 15.2 Å². The number of amides is 2. The van der Waals surface area contributed by atoms with Gasteiger partial charge in [-0.1, -0.05) is 6.42 Å². The molecule has 1 atom stereocenters. The summed E-state index contributed by atoms with van der Waals surface area (Å²) in [4.78, 5) is 11.8. The molecule has 0 radical (unpaired) electrons. The minimum atomic E-state index is -0.366. The Morgan fingerprint density at radius 2 is 1.95 bits per heavy atom. The molecule has 2 fully saturated rings. The van der Waals surface area contributed by atoms with Crippen LogP contribution >= 0.6 is 0 Å². The van der Waals surface area contributed by atoms with Crippen molar-refractivity contribution in [3.8, 4) is 0 Å². The van der Waals surface area contributed by atoms with Gasteiger partial charge < -0.3 is 24.7 Å². The van der Waals surface area contributed by atoms with Crippen LogP contribution in [0.2, 0.25) is 0 Å². The summed E-state index contributed by atoms with van der Waals surface area (Å²) in [6.45, 7) is 2.44. The van der Waals surface area contributed by atoms with Crippen molar-refractivity contribution >= 4 is 6.03 Å². The van der Waals surface area contributed by atoms with Gasteiger partial charge in [-0.05, 0) is 25.0 Å². The minimum absolute atomic E-state index is 0.0340. The highest BCUT2D eigenvalue weighted by Crippen LogP contribution is 2.37. The molecule has 1 aliphatic carbocycles. The molecule has 0 bridgehead atoms. The molecule has 22 heavy (non-hydrogen) atoms. The fourth-order valence-corrected chi connectivity index (χ4v) is 3.16. The summed E-state index contributed by atoms with van der Waals surface area (Å²) in [6.07, 6.45) is 9.48. The number of hydrogen-bond donors (Lipinski definition) is 2. The van der Waals surface area contributed by atoms with Crippen LogP contribution in [0.3, 0.4) is 0 Å². The van der Waals surface area contributed by atoms with Crippen molar-refractivity contribution < 1.29 is 14.3 Å². The van der Waals surface area contributed by atoms with Crippen LogP contribution in [0.1, 0.15) is 32.1 Å². The Hall–Kier alpha value is -1.53. The fraction of sp³-hybridized carbons (Fsp3) is 0.688. The quantitative estimate of drug-likeness (QED) is 0.873. The van der Waals surface area contributed by atoms with Crippen LogP contribution < -0.4 is 10.6 Å². The van der Waals surface area contributed by atoms with E-state index in [4.69, 9.17) is 9.47 Å². The lowest BCUT2D eigenvalue weighted by molar-refractivity contribution is -0.186. The van der Waals surface area contributed by atoms with Crippen LogP contribution in [0, 0.1) is 0 Å². The van der Waals surface area contributed by atoms with E-state index in [1.54, 1.807) is 0 Å². The fourth-order valence-electron chi connectivity index (χ4n) is 3.16. The van der Waals surface area contributed by atoms with Crippen molar-refractivity contribution in [2.45, 2.75) is 50.5 Å². The van der Waals surface area contributed by atoms with E-state index in [0.29, 0.717) is 19.7 Å². The number of hydrogen-bond acceptors (Lipinski definition) is 3. The van der Waals surface area contributed by atoms with E-state index in [1.165, 1.54) is 19.3 Å². The van der Waals surface area contributed by atoms with Crippen molar-refractivity contribution in [2.24, 2.45) is 0 Å². The lowest BCUT2D eigenvalue weighted by Crippen LogP contribution is -2.42. The Morgan fingerprint density at radius 3 is 2.73 bits per heavy atom. The highest BCUT2D eigenvalue weighted by molar-refractivity contribution is 5.73. The Labute approximate surface area is 131 Å². The molecule has 2 heterocycles. The molecule has 1 saturated carbocycles. The molecule has 2 aliphatic rings. The van der Waals surface area contributed by atoms with Gasteiger partial charge in [0.15, 0.2) is 5.79 Å². The molecule has 6 nitrogen and oxygen atoms in total. The number of carbonyl (C=O) groups is 1. The molecule has 3 rings (SSSR count). The van der Waals surface area contributed by atoms with Crippen LogP contribution in [0.15, 0.2) is 24.5 Å². The van der Waals surface area contributed by atoms with E-state index < -0.39 is 0 Å². The summed E-state index contributed by atoms with van der Waals surface area (Å²) in [5.74, 6) is -0.366. The predicted molar refractivity (Wildman–Crippen MR) is 82.5 cm³/mol. The smallest absolute Gasteiger partial charge is 0.314 e. The molecule has 6 heteroatoms. The summed E-state index contributed by atoms with van der Waals surface area (Å²) in [6, 6.07) is 3.79. The zero-order chi connectivity index (χ0) is 15.3. The molecular formula is C16H25N3O3. The maximum Gasteiger partial charge on any atom is 0.314 e. The van der Waals surface area contributed by atoms with Gasteiger partial charge in [-0.2, -0.15) is 0 Å². The average Bonchev–Trinajstić information content (AvgIpc) is 3.17. The van der Waals surface area contributed by atoms with Gasteiger partial charge in [-0.3, -0.25) is 0 Å². The van der Waals surface area contributed by atoms with E-state index in [0.717, 1.165) is 19.4 Å². The Balaban J connectivity index is 1.31. The van der Waals surface area contributed by atoms with Gasteiger partial charge in [0.1, 0.15) is 6.10 Å². The lowest BCUT2D eigenvalue weighted by Gasteiger charge is -2.31. The van der Waals surface area contributed by atoms with Crippen molar-refractivity contribution in [2.75, 3.05) is 19.7 Å². The first-order valence-corrected chi connectivity index (χ1v) is 8.20. The summed E-state index contributed by atoms with van der Waals surface area (Å²) in [5.41, 5.74) is 0. The number of aromatic nitrogens is 1. The molecule has 2 N–H and O–H groups in total. The molecule has 1 saturated heterocycles. The topological polar surface area (TPSA) is 64.5 Å². The van der Waals surface area contributed by atoms with Gasteiger partial charge >= 0.3 is 6.03 Å². The highest BCUT2D eigenvalue weighted by Gasteiger charge is 2.42. The third kappa shape index (κ3) is 4.01. The number of nitrogens with one attached hydrogen (secondary N) is 2. The van der Waals surface area contributed by atoms with Gasteiger partial charge in [-0.15, -0.1) is 0 Å². The van der Waals surface area contributed by atoms with Gasteiger partial charge in [-0.25, -0.2) is 4.79 Å². The van der Waals surface area contributed by atoms with Crippen LogP contribution in [0.4, 0.5) is 4.79 Å². The van der Waals surface area contributed by atoms with Crippen LogP contribution in [-0.2, 0) is 16.0 Å². The molecule has 0 unspecified atom stereocenters. The lowest BCUT2D eigenvalue weighted by atomic mass is 9.94. The summed E-state index contributed by atoms with van der Waals surface area (Å²) < 4.78 is 13.9. The molecule has 2 amide bonds. The first-order chi connectivity index (χ1) is 10.8. The average molecular weight is 307 g/mol. The number of ether oxygens (including phenoxy) is 2. The van der Waals surface area contributed by atoms with Crippen molar-refractivity contribution in [3.63, 3.8) is 0 Å². The molecule has 1 spiro atoms. The highest BCUT2D eigenvalue weighted by atomic mass is 16.7. The van der Waals surface area contributed by atoms with E-state index in [9.17, 15) is 4.79 Å². The third-order valence-corrected chi connectivity index (χ3v) is 4.34. The molecule has 1 aromatic heterocycles. The first-order valence-electron chi connectivity index (χ1n) is 8.20. The van der Waals surface area contributed by atoms with Gasteiger partial charge in [0.2, 0.25) is 0 Å². The Bertz CT molecular complexity index is 469. The van der Waals surface area contributed by atoms with Crippen LogP contribution in [-0.4, -0.2) is 42.2 Å². The maximum absolute atomic E-state index is 11.8. The van der Waals surface area contributed by atoms with Gasteiger partial charge in [0, 0.05) is 44.9 Å². The summed E-state index contributed by atoms with van der Waals surface area (Å²) >= 11 is 0. The minimum Gasteiger partial charge on any atom is -0.353 e. The standard InChI is InChI=1S/C16H25N3O3/c20-15(17-8-11-19-9-4-5-10-19)18-12-14-13-21-16(22-14)6-2-1-3-7-16/h4-5,9-10,14H,1-3,6-8,11-13H2,(H2,17,18,20)/t14-/m1/s1. The summed E-state index contributed by atoms with van der Waals surface area (Å²) in [7, 11) is 0.